The third-order valence-electron chi connectivity index (χ3n) is 3.04. The van der Waals surface area contributed by atoms with Crippen molar-refractivity contribution in [2.45, 2.75) is 19.9 Å². The molecule has 1 aromatic heterocycles. The SMILES string of the molecule is CNC(c1ccc(I)c(Cl)c1)c1cc(C)c(C)o1. The van der Waals surface area contributed by atoms with Gasteiger partial charge in [-0.1, -0.05) is 17.7 Å². The number of furan rings is 1. The van der Waals surface area contributed by atoms with Crippen LogP contribution in [0.3, 0.4) is 0 Å². The van der Waals surface area contributed by atoms with Crippen molar-refractivity contribution < 1.29 is 4.42 Å². The van der Waals surface area contributed by atoms with E-state index in [-0.39, 0.29) is 6.04 Å². The molecule has 0 radical (unpaired) electrons. The van der Waals surface area contributed by atoms with Crippen LogP contribution < -0.4 is 5.32 Å². The quantitative estimate of drug-likeness (QED) is 0.801. The van der Waals surface area contributed by atoms with E-state index in [4.69, 9.17) is 16.0 Å². The molecular weight excluding hydrogens is 361 g/mol. The second-order valence-electron chi connectivity index (χ2n) is 4.28. The second kappa shape index (κ2) is 5.63. The average Bonchev–Trinajstić information content (AvgIpc) is 2.65. The Balaban J connectivity index is 2.41. The van der Waals surface area contributed by atoms with Crippen molar-refractivity contribution in [1.82, 2.24) is 5.32 Å². The molecule has 2 nitrogen and oxygen atoms in total. The van der Waals surface area contributed by atoms with Crippen molar-refractivity contribution in [2.24, 2.45) is 0 Å². The van der Waals surface area contributed by atoms with E-state index in [1.165, 1.54) is 5.56 Å². The fourth-order valence-electron chi connectivity index (χ4n) is 1.91. The number of hydrogen-bond acceptors (Lipinski definition) is 2. The lowest BCUT2D eigenvalue weighted by Crippen LogP contribution is -2.17. The molecule has 1 N–H and O–H groups in total. The Labute approximate surface area is 126 Å². The van der Waals surface area contributed by atoms with Crippen LogP contribution in [0.4, 0.5) is 0 Å². The number of hydrogen-bond donors (Lipinski definition) is 1. The lowest BCUT2D eigenvalue weighted by atomic mass is 10.0. The van der Waals surface area contributed by atoms with Gasteiger partial charge in [0.25, 0.3) is 0 Å². The van der Waals surface area contributed by atoms with Crippen molar-refractivity contribution in [3.63, 3.8) is 0 Å². The van der Waals surface area contributed by atoms with Crippen LogP contribution in [-0.2, 0) is 0 Å². The van der Waals surface area contributed by atoms with Gasteiger partial charge in [-0.15, -0.1) is 0 Å². The molecule has 18 heavy (non-hydrogen) atoms. The molecule has 0 bridgehead atoms. The predicted octanol–water partition coefficient (Wildman–Crippen LogP) is 4.46. The third-order valence-corrected chi connectivity index (χ3v) is 4.61. The number of aryl methyl sites for hydroxylation is 2. The molecule has 96 valence electrons. The molecular formula is C14H15ClINO. The number of rotatable bonds is 3. The summed E-state index contributed by atoms with van der Waals surface area (Å²) in [7, 11) is 1.92. The summed E-state index contributed by atoms with van der Waals surface area (Å²) in [4.78, 5) is 0. The summed E-state index contributed by atoms with van der Waals surface area (Å²) in [6.07, 6.45) is 0. The smallest absolute Gasteiger partial charge is 0.125 e. The van der Waals surface area contributed by atoms with E-state index in [1.54, 1.807) is 0 Å². The van der Waals surface area contributed by atoms with Crippen molar-refractivity contribution in [1.29, 1.82) is 0 Å². The first-order chi connectivity index (χ1) is 8.52. The minimum Gasteiger partial charge on any atom is -0.464 e. The van der Waals surface area contributed by atoms with Crippen LogP contribution in [0.1, 0.15) is 28.7 Å². The molecule has 2 rings (SSSR count). The van der Waals surface area contributed by atoms with E-state index in [0.29, 0.717) is 0 Å². The molecule has 0 saturated heterocycles. The molecule has 1 heterocycles. The summed E-state index contributed by atoms with van der Waals surface area (Å²) in [6.45, 7) is 4.03. The molecule has 1 aromatic carbocycles. The van der Waals surface area contributed by atoms with E-state index in [0.717, 1.165) is 25.7 Å². The van der Waals surface area contributed by atoms with Crippen LogP contribution in [0, 0.1) is 17.4 Å². The first-order valence-electron chi connectivity index (χ1n) is 5.72. The third kappa shape index (κ3) is 2.73. The zero-order valence-electron chi connectivity index (χ0n) is 10.6. The van der Waals surface area contributed by atoms with Gasteiger partial charge in [-0.2, -0.15) is 0 Å². The van der Waals surface area contributed by atoms with E-state index in [2.05, 4.69) is 47.0 Å². The average molecular weight is 376 g/mol. The number of nitrogens with one attached hydrogen (secondary N) is 1. The Morgan fingerprint density at radius 2 is 2.00 bits per heavy atom. The molecule has 0 amide bonds. The van der Waals surface area contributed by atoms with Crippen molar-refractivity contribution >= 4 is 34.2 Å². The van der Waals surface area contributed by atoms with Gasteiger partial charge in [-0.05, 0) is 72.8 Å². The largest absolute Gasteiger partial charge is 0.464 e. The highest BCUT2D eigenvalue weighted by Gasteiger charge is 2.17. The minimum absolute atomic E-state index is 0.0342. The lowest BCUT2D eigenvalue weighted by molar-refractivity contribution is 0.443. The zero-order chi connectivity index (χ0) is 13.3. The second-order valence-corrected chi connectivity index (χ2v) is 5.85. The summed E-state index contributed by atoms with van der Waals surface area (Å²) in [5.74, 6) is 1.88. The van der Waals surface area contributed by atoms with Gasteiger partial charge in [-0.3, -0.25) is 0 Å². The maximum atomic E-state index is 6.17. The molecule has 0 aliphatic rings. The van der Waals surface area contributed by atoms with Crippen LogP contribution in [0.5, 0.6) is 0 Å². The predicted molar refractivity (Wildman–Crippen MR) is 83.3 cm³/mol. The van der Waals surface area contributed by atoms with Crippen LogP contribution in [0.2, 0.25) is 5.02 Å². The fraction of sp³-hybridized carbons (Fsp3) is 0.286. The molecule has 0 fully saturated rings. The highest BCUT2D eigenvalue weighted by molar-refractivity contribution is 14.1. The fourth-order valence-corrected chi connectivity index (χ4v) is 2.43. The minimum atomic E-state index is 0.0342. The molecule has 0 saturated carbocycles. The Morgan fingerprint density at radius 1 is 1.28 bits per heavy atom. The van der Waals surface area contributed by atoms with E-state index >= 15 is 0 Å². The highest BCUT2D eigenvalue weighted by Crippen LogP contribution is 2.29. The monoisotopic (exact) mass is 375 g/mol. The van der Waals surface area contributed by atoms with Gasteiger partial charge in [0.2, 0.25) is 0 Å². The molecule has 0 aliphatic heterocycles. The van der Waals surface area contributed by atoms with Crippen molar-refractivity contribution in [3.05, 3.63) is 55.5 Å². The molecule has 0 aliphatic carbocycles. The van der Waals surface area contributed by atoms with Gasteiger partial charge < -0.3 is 9.73 Å². The summed E-state index contributed by atoms with van der Waals surface area (Å²) in [5, 5.41) is 4.04. The lowest BCUT2D eigenvalue weighted by Gasteiger charge is -2.14. The maximum absolute atomic E-state index is 6.17. The zero-order valence-corrected chi connectivity index (χ0v) is 13.5. The van der Waals surface area contributed by atoms with E-state index < -0.39 is 0 Å². The molecule has 1 unspecified atom stereocenters. The highest BCUT2D eigenvalue weighted by atomic mass is 127. The van der Waals surface area contributed by atoms with Gasteiger partial charge >= 0.3 is 0 Å². The van der Waals surface area contributed by atoms with Gasteiger partial charge in [0.1, 0.15) is 11.5 Å². The normalized spacial score (nSPS) is 12.7. The van der Waals surface area contributed by atoms with Gasteiger partial charge in [-0.25, -0.2) is 0 Å². The van der Waals surface area contributed by atoms with Gasteiger partial charge in [0, 0.05) is 3.57 Å². The Morgan fingerprint density at radius 3 is 2.50 bits per heavy atom. The van der Waals surface area contributed by atoms with Crippen LogP contribution in [-0.4, -0.2) is 7.05 Å². The first kappa shape index (κ1) is 13.9. The Kier molecular flexibility index (Phi) is 4.35. The van der Waals surface area contributed by atoms with Crippen LogP contribution >= 0.6 is 34.2 Å². The van der Waals surface area contributed by atoms with Gasteiger partial charge in [0.05, 0.1) is 11.1 Å². The van der Waals surface area contributed by atoms with Crippen LogP contribution in [0.25, 0.3) is 0 Å². The summed E-state index contributed by atoms with van der Waals surface area (Å²) in [5.41, 5.74) is 2.28. The first-order valence-corrected chi connectivity index (χ1v) is 7.17. The number of benzene rings is 1. The summed E-state index contributed by atoms with van der Waals surface area (Å²) in [6, 6.07) is 8.18. The molecule has 4 heteroatoms. The van der Waals surface area contributed by atoms with E-state index in [1.807, 2.05) is 26.1 Å². The van der Waals surface area contributed by atoms with Crippen molar-refractivity contribution in [3.8, 4) is 0 Å². The van der Waals surface area contributed by atoms with Crippen molar-refractivity contribution in [2.75, 3.05) is 7.05 Å². The summed E-state index contributed by atoms with van der Waals surface area (Å²) >= 11 is 8.40. The summed E-state index contributed by atoms with van der Waals surface area (Å²) < 4.78 is 6.84. The maximum Gasteiger partial charge on any atom is 0.125 e. The van der Waals surface area contributed by atoms with Gasteiger partial charge in [0.15, 0.2) is 0 Å². The van der Waals surface area contributed by atoms with E-state index in [9.17, 15) is 0 Å². The molecule has 2 aromatic rings. The molecule has 0 spiro atoms. The topological polar surface area (TPSA) is 25.2 Å². The Bertz CT molecular complexity index is 545. The standard InChI is InChI=1S/C14H15ClINO/c1-8-6-13(18-9(8)2)14(17-3)10-4-5-12(16)11(15)7-10/h4-7,14,17H,1-3H3. The molecule has 1 atom stereocenters. The van der Waals surface area contributed by atoms with Crippen LogP contribution in [0.15, 0.2) is 28.7 Å². The Hall–Kier alpha value is -0.520. The number of halogens is 2.